The lowest BCUT2D eigenvalue weighted by Crippen LogP contribution is -2.39. The van der Waals surface area contributed by atoms with Gasteiger partial charge in [-0.15, -0.1) is 0 Å². The smallest absolute Gasteiger partial charge is 0.265 e. The third kappa shape index (κ3) is 5.43. The molecule has 8 heteroatoms. The van der Waals surface area contributed by atoms with E-state index in [2.05, 4.69) is 9.71 Å². The zero-order valence-electron chi connectivity index (χ0n) is 16.7. The Kier molecular flexibility index (Phi) is 6.81. The number of hydrogen-bond acceptors (Lipinski definition) is 4. The molecule has 7 nitrogen and oxygen atoms in total. The molecule has 2 aromatic carbocycles. The number of nitrogens with one attached hydrogen (secondary N) is 1. The van der Waals surface area contributed by atoms with Crippen molar-refractivity contribution in [3.8, 4) is 5.75 Å². The number of benzene rings is 2. The molecule has 1 amide bonds. The summed E-state index contributed by atoms with van der Waals surface area (Å²) in [6, 6.07) is 20.0. The largest absolute Gasteiger partial charge is 0.497 e. The number of carbonyl (C=O) groups excluding carboxylic acids is 1. The lowest BCUT2D eigenvalue weighted by Gasteiger charge is -2.12. The van der Waals surface area contributed by atoms with Gasteiger partial charge in [-0.25, -0.2) is 8.42 Å². The van der Waals surface area contributed by atoms with E-state index >= 15 is 0 Å². The van der Waals surface area contributed by atoms with E-state index in [4.69, 9.17) is 4.74 Å². The normalized spacial score (nSPS) is 13.1. The molecule has 0 saturated carbocycles. The number of ether oxygens (including phenoxy) is 1. The molecule has 3 aromatic rings. The number of nitrogens with zero attached hydrogens (tertiary/aromatic N) is 2. The van der Waals surface area contributed by atoms with Crippen LogP contribution in [0.1, 0.15) is 12.5 Å². The van der Waals surface area contributed by atoms with E-state index < -0.39 is 22.0 Å². The van der Waals surface area contributed by atoms with Gasteiger partial charge in [0.25, 0.3) is 5.91 Å². The first-order chi connectivity index (χ1) is 14.4. The van der Waals surface area contributed by atoms with Crippen molar-refractivity contribution in [3.05, 3.63) is 90.0 Å². The van der Waals surface area contributed by atoms with Gasteiger partial charge in [-0.05, 0) is 48.9 Å². The lowest BCUT2D eigenvalue weighted by atomic mass is 10.2. The van der Waals surface area contributed by atoms with Crippen molar-refractivity contribution in [1.82, 2.24) is 9.29 Å². The first kappa shape index (κ1) is 21.5. The maximum atomic E-state index is 12.6. The number of sulfonamides is 1. The van der Waals surface area contributed by atoms with Gasteiger partial charge < -0.3 is 9.30 Å². The zero-order valence-corrected chi connectivity index (χ0v) is 17.5. The van der Waals surface area contributed by atoms with Gasteiger partial charge in [0.2, 0.25) is 10.0 Å². The predicted octanol–water partition coefficient (Wildman–Crippen LogP) is 2.34. The van der Waals surface area contributed by atoms with Crippen LogP contribution in [0.3, 0.4) is 0 Å². The zero-order chi connectivity index (χ0) is 21.6. The van der Waals surface area contributed by atoms with Crippen molar-refractivity contribution >= 4 is 15.9 Å². The molecule has 0 bridgehead atoms. The molecule has 1 N–H and O–H groups in total. The molecule has 30 heavy (non-hydrogen) atoms. The van der Waals surface area contributed by atoms with Crippen LogP contribution >= 0.6 is 0 Å². The summed E-state index contributed by atoms with van der Waals surface area (Å²) < 4.78 is 34.4. The van der Waals surface area contributed by atoms with Gasteiger partial charge in [0, 0.05) is 12.7 Å². The Balaban J connectivity index is 1.79. The van der Waals surface area contributed by atoms with Gasteiger partial charge in [0.15, 0.2) is 0 Å². The second-order valence-electron chi connectivity index (χ2n) is 6.64. The molecule has 0 saturated heterocycles. The first-order valence-electron chi connectivity index (χ1n) is 9.33. The molecule has 1 heterocycles. The standard InChI is InChI=1S/C22H23N3O4S/c1-17(24-30(27,28)20-13-11-19(29-2)12-14-20)22(26)23-21-10-6-7-15-25(21)16-18-8-4-3-5-9-18/h3-15,17,24H,16H2,1-2H3/t17-/m0/s1. The molecule has 1 aromatic heterocycles. The molecule has 0 fully saturated rings. The van der Waals surface area contributed by atoms with E-state index in [1.165, 1.54) is 26.2 Å². The van der Waals surface area contributed by atoms with Crippen molar-refractivity contribution in [1.29, 1.82) is 0 Å². The average Bonchev–Trinajstić information content (AvgIpc) is 2.75. The summed E-state index contributed by atoms with van der Waals surface area (Å²) in [5.41, 5.74) is 1.51. The molecular weight excluding hydrogens is 402 g/mol. The minimum atomic E-state index is -3.87. The number of pyridine rings is 1. The Labute approximate surface area is 175 Å². The second-order valence-corrected chi connectivity index (χ2v) is 8.35. The topological polar surface area (TPSA) is 89.8 Å². The Bertz CT molecular complexity index is 1170. The van der Waals surface area contributed by atoms with Crippen molar-refractivity contribution in [2.45, 2.75) is 24.4 Å². The van der Waals surface area contributed by atoms with Crippen LogP contribution in [0.2, 0.25) is 0 Å². The van der Waals surface area contributed by atoms with E-state index in [0.29, 0.717) is 17.8 Å². The number of methoxy groups -OCH3 is 1. The number of aromatic nitrogens is 1. The summed E-state index contributed by atoms with van der Waals surface area (Å²) >= 11 is 0. The van der Waals surface area contributed by atoms with Gasteiger partial charge in [-0.2, -0.15) is 9.71 Å². The van der Waals surface area contributed by atoms with Crippen molar-refractivity contribution < 1.29 is 17.9 Å². The number of amides is 1. The van der Waals surface area contributed by atoms with Crippen LogP contribution < -0.4 is 14.9 Å². The minimum Gasteiger partial charge on any atom is -0.497 e. The van der Waals surface area contributed by atoms with Crippen LogP contribution in [0, 0.1) is 0 Å². The van der Waals surface area contributed by atoms with Crippen LogP contribution in [0.15, 0.2) is 88.9 Å². The van der Waals surface area contributed by atoms with Crippen LogP contribution in [-0.4, -0.2) is 32.0 Å². The molecule has 1 atom stereocenters. The van der Waals surface area contributed by atoms with Gasteiger partial charge in [0.05, 0.1) is 12.0 Å². The third-order valence-corrected chi connectivity index (χ3v) is 5.97. The molecule has 3 rings (SSSR count). The number of rotatable bonds is 7. The maximum Gasteiger partial charge on any atom is 0.265 e. The molecule has 0 aliphatic rings. The highest BCUT2D eigenvalue weighted by atomic mass is 32.2. The van der Waals surface area contributed by atoms with Crippen molar-refractivity contribution in [2.24, 2.45) is 4.99 Å². The molecule has 0 aliphatic heterocycles. The Morgan fingerprint density at radius 2 is 1.70 bits per heavy atom. The van der Waals surface area contributed by atoms with Gasteiger partial charge in [-0.1, -0.05) is 36.4 Å². The van der Waals surface area contributed by atoms with Crippen molar-refractivity contribution in [2.75, 3.05) is 7.11 Å². The van der Waals surface area contributed by atoms with E-state index in [9.17, 15) is 13.2 Å². The highest BCUT2D eigenvalue weighted by Crippen LogP contribution is 2.15. The molecule has 0 unspecified atom stereocenters. The van der Waals surface area contributed by atoms with E-state index in [0.717, 1.165) is 5.56 Å². The molecular formula is C22H23N3O4S. The summed E-state index contributed by atoms with van der Waals surface area (Å²) in [6.07, 6.45) is 1.82. The van der Waals surface area contributed by atoms with Crippen LogP contribution in [-0.2, 0) is 21.4 Å². The number of hydrogen-bond donors (Lipinski definition) is 1. The minimum absolute atomic E-state index is 0.0433. The van der Waals surface area contributed by atoms with E-state index in [-0.39, 0.29) is 4.90 Å². The fourth-order valence-electron chi connectivity index (χ4n) is 2.80. The monoisotopic (exact) mass is 425 g/mol. The third-order valence-electron chi connectivity index (χ3n) is 4.41. The quantitative estimate of drug-likeness (QED) is 0.629. The SMILES string of the molecule is COc1ccc(S(=O)(=O)N[C@@H](C)C(=O)N=c2ccccn2Cc2ccccc2)cc1. The fraction of sp³-hybridized carbons (Fsp3) is 0.182. The molecule has 156 valence electrons. The maximum absolute atomic E-state index is 12.6. The summed E-state index contributed by atoms with van der Waals surface area (Å²) in [5, 5.41) is 0. The first-order valence-corrected chi connectivity index (χ1v) is 10.8. The second kappa shape index (κ2) is 9.51. The van der Waals surface area contributed by atoms with E-state index in [1.54, 1.807) is 24.3 Å². The molecule has 0 spiro atoms. The number of carbonyl (C=O) groups is 1. The summed E-state index contributed by atoms with van der Waals surface area (Å²) in [7, 11) is -2.38. The summed E-state index contributed by atoms with van der Waals surface area (Å²) in [4.78, 5) is 16.8. The Hall–Kier alpha value is -3.23. The molecule has 0 aliphatic carbocycles. The van der Waals surface area contributed by atoms with Gasteiger partial charge >= 0.3 is 0 Å². The van der Waals surface area contributed by atoms with Crippen molar-refractivity contribution in [3.63, 3.8) is 0 Å². The summed E-state index contributed by atoms with van der Waals surface area (Å²) in [6.45, 7) is 2.01. The highest BCUT2D eigenvalue weighted by molar-refractivity contribution is 7.89. The average molecular weight is 426 g/mol. The molecule has 0 radical (unpaired) electrons. The van der Waals surface area contributed by atoms with E-state index in [1.807, 2.05) is 47.2 Å². The van der Waals surface area contributed by atoms with Crippen LogP contribution in [0.25, 0.3) is 0 Å². The van der Waals surface area contributed by atoms with Crippen LogP contribution in [0.5, 0.6) is 5.75 Å². The fourth-order valence-corrected chi connectivity index (χ4v) is 4.00. The van der Waals surface area contributed by atoms with Gasteiger partial charge in [-0.3, -0.25) is 4.79 Å². The van der Waals surface area contributed by atoms with Crippen LogP contribution in [0.4, 0.5) is 0 Å². The Morgan fingerprint density at radius 3 is 2.37 bits per heavy atom. The van der Waals surface area contributed by atoms with Gasteiger partial charge in [0.1, 0.15) is 17.3 Å². The lowest BCUT2D eigenvalue weighted by molar-refractivity contribution is -0.119. The summed E-state index contributed by atoms with van der Waals surface area (Å²) in [5.74, 6) is -0.0415. The predicted molar refractivity (Wildman–Crippen MR) is 113 cm³/mol. The Morgan fingerprint density at radius 1 is 1.03 bits per heavy atom. The highest BCUT2D eigenvalue weighted by Gasteiger charge is 2.21.